The van der Waals surface area contributed by atoms with Gasteiger partial charge in [0.1, 0.15) is 5.02 Å². The molecule has 28 heavy (non-hydrogen) atoms. The molecule has 1 fully saturated rings. The average molecular weight is 445 g/mol. The van der Waals surface area contributed by atoms with Gasteiger partial charge in [0.25, 0.3) is 5.56 Å². The van der Waals surface area contributed by atoms with Crippen LogP contribution in [0.2, 0.25) is 10.0 Å². The number of hydrogen-bond acceptors (Lipinski definition) is 5. The maximum Gasteiger partial charge on any atom is 0.292 e. The number of hydrogen-bond donors (Lipinski definition) is 0. The van der Waals surface area contributed by atoms with E-state index in [9.17, 15) is 13.2 Å². The molecule has 1 aromatic heterocycles. The second-order valence-electron chi connectivity index (χ2n) is 6.72. The fourth-order valence-electron chi connectivity index (χ4n) is 3.57. The summed E-state index contributed by atoms with van der Waals surface area (Å²) < 4.78 is 26.6. The molecule has 1 aliphatic rings. The number of nitrogens with zero attached hydrogens (tertiary/aromatic N) is 4. The molecule has 0 saturated carbocycles. The summed E-state index contributed by atoms with van der Waals surface area (Å²) in [5.74, 6) is 0. The van der Waals surface area contributed by atoms with E-state index in [1.807, 2.05) is 11.8 Å². The van der Waals surface area contributed by atoms with Crippen molar-refractivity contribution in [3.8, 4) is 5.69 Å². The Hall–Kier alpha value is -1.61. The zero-order valence-corrected chi connectivity index (χ0v) is 18.0. The van der Waals surface area contributed by atoms with Crippen LogP contribution in [0.25, 0.3) is 5.69 Å². The molecule has 0 N–H and O–H groups in total. The van der Waals surface area contributed by atoms with Gasteiger partial charge in [-0.1, -0.05) is 30.1 Å². The molecule has 1 saturated heterocycles. The van der Waals surface area contributed by atoms with E-state index < -0.39 is 15.6 Å². The highest BCUT2D eigenvalue weighted by molar-refractivity contribution is 7.88. The summed E-state index contributed by atoms with van der Waals surface area (Å²) in [6.07, 6.45) is 4.14. The largest absolute Gasteiger partial charge is 0.369 e. The number of rotatable bonds is 5. The van der Waals surface area contributed by atoms with Crippen LogP contribution in [0.1, 0.15) is 19.8 Å². The van der Waals surface area contributed by atoms with Crippen molar-refractivity contribution in [1.29, 1.82) is 0 Å². The number of anilines is 1. The van der Waals surface area contributed by atoms with Crippen LogP contribution >= 0.6 is 23.2 Å². The van der Waals surface area contributed by atoms with Gasteiger partial charge in [0.15, 0.2) is 0 Å². The Labute approximate surface area is 174 Å². The van der Waals surface area contributed by atoms with Gasteiger partial charge in [0.2, 0.25) is 10.0 Å². The summed E-state index contributed by atoms with van der Waals surface area (Å²) in [5, 5.41) is 4.92. The van der Waals surface area contributed by atoms with Crippen LogP contribution in [0.15, 0.2) is 35.3 Å². The van der Waals surface area contributed by atoms with Crippen molar-refractivity contribution >= 4 is 38.9 Å². The lowest BCUT2D eigenvalue weighted by Gasteiger charge is -2.38. The highest BCUT2D eigenvalue weighted by Crippen LogP contribution is 2.27. The van der Waals surface area contributed by atoms with Crippen molar-refractivity contribution in [2.24, 2.45) is 0 Å². The minimum Gasteiger partial charge on any atom is -0.369 e. The highest BCUT2D eigenvalue weighted by Gasteiger charge is 2.30. The number of benzene rings is 1. The van der Waals surface area contributed by atoms with Crippen molar-refractivity contribution in [3.63, 3.8) is 0 Å². The van der Waals surface area contributed by atoms with Gasteiger partial charge in [-0.2, -0.15) is 14.1 Å². The van der Waals surface area contributed by atoms with E-state index in [1.54, 1.807) is 30.5 Å². The third kappa shape index (κ3) is 4.35. The molecular weight excluding hydrogens is 423 g/mol. The Morgan fingerprint density at radius 2 is 1.79 bits per heavy atom. The van der Waals surface area contributed by atoms with Crippen LogP contribution in [0.5, 0.6) is 0 Å². The molecule has 7 nitrogen and oxygen atoms in total. The molecule has 152 valence electrons. The Kier molecular flexibility index (Phi) is 6.34. The molecule has 0 unspecified atom stereocenters. The first-order valence-corrected chi connectivity index (χ1v) is 11.6. The zero-order chi connectivity index (χ0) is 20.5. The van der Waals surface area contributed by atoms with E-state index in [0.29, 0.717) is 48.9 Å². The quantitative estimate of drug-likeness (QED) is 0.708. The minimum atomic E-state index is -3.24. The molecule has 0 spiro atoms. The maximum atomic E-state index is 12.7. The molecule has 3 rings (SSSR count). The van der Waals surface area contributed by atoms with Crippen molar-refractivity contribution in [2.45, 2.75) is 25.8 Å². The lowest BCUT2D eigenvalue weighted by atomic mass is 10.0. The molecule has 0 radical (unpaired) electrons. The molecule has 1 aliphatic heterocycles. The van der Waals surface area contributed by atoms with Gasteiger partial charge in [-0.05, 0) is 37.1 Å². The van der Waals surface area contributed by atoms with Crippen molar-refractivity contribution < 1.29 is 8.42 Å². The summed E-state index contributed by atoms with van der Waals surface area (Å²) >= 11 is 12.3. The second kappa shape index (κ2) is 8.41. The van der Waals surface area contributed by atoms with E-state index in [2.05, 4.69) is 5.10 Å². The zero-order valence-electron chi connectivity index (χ0n) is 15.7. The Morgan fingerprint density at radius 3 is 2.32 bits per heavy atom. The Balaban J connectivity index is 1.80. The first kappa shape index (κ1) is 21.1. The number of aromatic nitrogens is 2. The maximum absolute atomic E-state index is 12.7. The van der Waals surface area contributed by atoms with Gasteiger partial charge in [-0.3, -0.25) is 4.79 Å². The molecule has 10 heteroatoms. The van der Waals surface area contributed by atoms with Crippen LogP contribution in [0.3, 0.4) is 0 Å². The first-order valence-electron chi connectivity index (χ1n) is 8.98. The summed E-state index contributed by atoms with van der Waals surface area (Å²) in [5.41, 5.74) is 0.737. The molecule has 0 bridgehead atoms. The number of halogens is 2. The van der Waals surface area contributed by atoms with Crippen LogP contribution in [0, 0.1) is 0 Å². The van der Waals surface area contributed by atoms with E-state index in [4.69, 9.17) is 23.2 Å². The number of sulfonamides is 1. The van der Waals surface area contributed by atoms with Crippen LogP contribution in [-0.4, -0.2) is 54.4 Å². The first-order chi connectivity index (χ1) is 13.2. The normalized spacial score (nSPS) is 16.0. The van der Waals surface area contributed by atoms with Crippen LogP contribution in [-0.2, 0) is 10.0 Å². The van der Waals surface area contributed by atoms with Crippen molar-refractivity contribution in [1.82, 2.24) is 14.1 Å². The lowest BCUT2D eigenvalue weighted by molar-refractivity contribution is 0.285. The van der Waals surface area contributed by atoms with E-state index in [-0.39, 0.29) is 11.1 Å². The summed E-state index contributed by atoms with van der Waals surface area (Å²) in [6, 6.07) is 6.71. The van der Waals surface area contributed by atoms with Crippen molar-refractivity contribution in [3.05, 3.63) is 50.9 Å². The van der Waals surface area contributed by atoms with Gasteiger partial charge in [0.05, 0.1) is 23.8 Å². The molecule has 2 heterocycles. The summed E-state index contributed by atoms with van der Waals surface area (Å²) in [7, 11) is -3.24. The summed E-state index contributed by atoms with van der Waals surface area (Å²) in [4.78, 5) is 14.7. The third-order valence-corrected chi connectivity index (χ3v) is 6.94. The predicted molar refractivity (Wildman–Crippen MR) is 112 cm³/mol. The van der Waals surface area contributed by atoms with Gasteiger partial charge in [-0.15, -0.1) is 0 Å². The topological polar surface area (TPSA) is 75.5 Å². The molecule has 0 aliphatic carbocycles. The molecular formula is C18H22Cl2N4O3S. The van der Waals surface area contributed by atoms with E-state index >= 15 is 0 Å². The minimum absolute atomic E-state index is 0.0441. The number of piperidine rings is 1. The third-order valence-electron chi connectivity index (χ3n) is 4.92. The highest BCUT2D eigenvalue weighted by atomic mass is 35.5. The van der Waals surface area contributed by atoms with Gasteiger partial charge >= 0.3 is 0 Å². The fourth-order valence-corrected chi connectivity index (χ4v) is 5.16. The lowest BCUT2D eigenvalue weighted by Crippen LogP contribution is -2.47. The Morgan fingerprint density at radius 1 is 1.18 bits per heavy atom. The average Bonchev–Trinajstić information content (AvgIpc) is 2.65. The van der Waals surface area contributed by atoms with Gasteiger partial charge in [0, 0.05) is 30.7 Å². The molecule has 0 atom stereocenters. The van der Waals surface area contributed by atoms with E-state index in [1.165, 1.54) is 15.2 Å². The standard InChI is InChI=1S/C18H22Cl2N4O3S/c1-3-23(28(2,26)27)14-8-10-22(11-9-14)16-12-21-24(18(25)17(16)20)15-6-4-13(19)5-7-15/h4-7,12,14H,3,8-11H2,1-2H3. The van der Waals surface area contributed by atoms with E-state index in [0.717, 1.165) is 0 Å². The van der Waals surface area contributed by atoms with Crippen LogP contribution < -0.4 is 10.5 Å². The smallest absolute Gasteiger partial charge is 0.292 e. The monoisotopic (exact) mass is 444 g/mol. The summed E-state index contributed by atoms with van der Waals surface area (Å²) in [6.45, 7) is 3.48. The van der Waals surface area contributed by atoms with Crippen LogP contribution in [0.4, 0.5) is 5.69 Å². The molecule has 0 amide bonds. The fraction of sp³-hybridized carbons (Fsp3) is 0.444. The second-order valence-corrected chi connectivity index (χ2v) is 9.47. The van der Waals surface area contributed by atoms with Gasteiger partial charge < -0.3 is 4.90 Å². The molecule has 1 aromatic carbocycles. The predicted octanol–water partition coefficient (Wildman–Crippen LogP) is 2.79. The van der Waals surface area contributed by atoms with Gasteiger partial charge in [-0.25, -0.2) is 8.42 Å². The molecule has 2 aromatic rings. The Bertz CT molecular complexity index is 1000. The SMILES string of the molecule is CCN(C1CCN(c2cnn(-c3ccc(Cl)cc3)c(=O)c2Cl)CC1)S(C)(=O)=O. The van der Waals surface area contributed by atoms with Crippen molar-refractivity contribution in [2.75, 3.05) is 30.8 Å².